The van der Waals surface area contributed by atoms with E-state index in [0.29, 0.717) is 21.9 Å². The normalized spacial score (nSPS) is 12.0. The molecule has 186 valence electrons. The predicted octanol–water partition coefficient (Wildman–Crippen LogP) is 6.64. The third kappa shape index (κ3) is 5.46. The minimum Gasteiger partial charge on any atom is -0.506 e. The summed E-state index contributed by atoms with van der Waals surface area (Å²) in [5.74, 6) is 0.100. The van der Waals surface area contributed by atoms with Crippen molar-refractivity contribution >= 4 is 17.3 Å². The van der Waals surface area contributed by atoms with Gasteiger partial charge in [-0.05, 0) is 53.9 Å². The van der Waals surface area contributed by atoms with E-state index < -0.39 is 11.9 Å². The van der Waals surface area contributed by atoms with Crippen molar-refractivity contribution in [1.82, 2.24) is 15.6 Å². The van der Waals surface area contributed by atoms with Gasteiger partial charge in [0.15, 0.2) is 0 Å². The molecule has 10 heteroatoms. The van der Waals surface area contributed by atoms with Crippen molar-refractivity contribution in [3.05, 3.63) is 88.6 Å². The SMILES string of the molecule is CN/N=C(/C)c1ccc(-c2c(OCc3ccc(Cl)cc3)ccc(-c3cc(C(F)(F)F)[nH]n3)c2O)cc1. The predicted molar refractivity (Wildman–Crippen MR) is 133 cm³/mol. The molecule has 0 saturated carbocycles. The average Bonchev–Trinajstić information content (AvgIpc) is 3.35. The first kappa shape index (κ1) is 25.1. The number of rotatable bonds is 7. The molecule has 4 rings (SSSR count). The van der Waals surface area contributed by atoms with Crippen molar-refractivity contribution in [2.45, 2.75) is 19.7 Å². The van der Waals surface area contributed by atoms with E-state index in [0.717, 1.165) is 22.9 Å². The zero-order valence-electron chi connectivity index (χ0n) is 19.3. The van der Waals surface area contributed by atoms with Gasteiger partial charge >= 0.3 is 6.18 Å². The highest BCUT2D eigenvalue weighted by atomic mass is 35.5. The Labute approximate surface area is 210 Å². The van der Waals surface area contributed by atoms with Crippen LogP contribution in [0.3, 0.4) is 0 Å². The molecule has 6 nitrogen and oxygen atoms in total. The number of nitrogens with one attached hydrogen (secondary N) is 2. The minimum absolute atomic E-state index is 0.0426. The molecule has 0 fully saturated rings. The first-order chi connectivity index (χ1) is 17.2. The van der Waals surface area contributed by atoms with Crippen LogP contribution >= 0.6 is 11.6 Å². The van der Waals surface area contributed by atoms with Gasteiger partial charge in [-0.15, -0.1) is 0 Å². The molecule has 0 aliphatic rings. The number of hydrogen-bond acceptors (Lipinski definition) is 5. The highest BCUT2D eigenvalue weighted by Crippen LogP contribution is 2.44. The number of halogens is 4. The second-order valence-corrected chi connectivity index (χ2v) is 8.35. The topological polar surface area (TPSA) is 82.5 Å². The second-order valence-electron chi connectivity index (χ2n) is 7.91. The lowest BCUT2D eigenvalue weighted by atomic mass is 9.97. The number of benzene rings is 3. The van der Waals surface area contributed by atoms with E-state index in [1.807, 2.05) is 36.3 Å². The molecule has 1 heterocycles. The number of phenols is 1. The van der Waals surface area contributed by atoms with Gasteiger partial charge in [-0.3, -0.25) is 5.10 Å². The third-order valence-electron chi connectivity index (χ3n) is 5.48. The second kappa shape index (κ2) is 10.3. The summed E-state index contributed by atoms with van der Waals surface area (Å²) in [7, 11) is 1.70. The largest absolute Gasteiger partial charge is 0.506 e. The van der Waals surface area contributed by atoms with Crippen molar-refractivity contribution in [2.75, 3.05) is 7.05 Å². The fraction of sp³-hybridized carbons (Fsp3) is 0.154. The van der Waals surface area contributed by atoms with E-state index in [1.165, 1.54) is 6.07 Å². The number of hydrazone groups is 1. The standard InChI is InChI=1S/C26H22ClF3N4O2/c1-15(32-31-2)17-5-7-18(8-6-17)24-22(36-14-16-3-9-19(27)10-4-16)12-11-20(25(24)35)21-13-23(34-33-21)26(28,29)30/h3-13,31,35H,14H2,1-2H3,(H,33,34)/b32-15-. The number of nitrogens with zero attached hydrogens (tertiary/aromatic N) is 2. The molecule has 0 radical (unpaired) electrons. The molecule has 0 aliphatic heterocycles. The maximum absolute atomic E-state index is 13.1. The van der Waals surface area contributed by atoms with E-state index in [-0.39, 0.29) is 23.6 Å². The minimum atomic E-state index is -4.59. The highest BCUT2D eigenvalue weighted by molar-refractivity contribution is 6.30. The molecule has 0 unspecified atom stereocenters. The van der Waals surface area contributed by atoms with E-state index in [1.54, 1.807) is 37.4 Å². The summed E-state index contributed by atoms with van der Waals surface area (Å²) in [4.78, 5) is 0. The number of aromatic nitrogens is 2. The number of hydrogen-bond donors (Lipinski definition) is 3. The van der Waals surface area contributed by atoms with Crippen LogP contribution in [0.15, 0.2) is 71.8 Å². The van der Waals surface area contributed by atoms with Crippen LogP contribution in [0.5, 0.6) is 11.5 Å². The van der Waals surface area contributed by atoms with Gasteiger partial charge in [0.05, 0.1) is 17.0 Å². The summed E-state index contributed by atoms with van der Waals surface area (Å²) in [5, 5.41) is 21.7. The number of aromatic hydroxyl groups is 1. The van der Waals surface area contributed by atoms with Gasteiger partial charge in [0, 0.05) is 17.6 Å². The summed E-state index contributed by atoms with van der Waals surface area (Å²) < 4.78 is 45.3. The van der Waals surface area contributed by atoms with Crippen LogP contribution in [0.25, 0.3) is 22.4 Å². The zero-order valence-corrected chi connectivity index (χ0v) is 20.1. The van der Waals surface area contributed by atoms with Crippen LogP contribution in [0.2, 0.25) is 5.02 Å². The Morgan fingerprint density at radius 2 is 1.78 bits per heavy atom. The van der Waals surface area contributed by atoms with Crippen molar-refractivity contribution in [1.29, 1.82) is 0 Å². The van der Waals surface area contributed by atoms with Crippen LogP contribution < -0.4 is 10.2 Å². The van der Waals surface area contributed by atoms with Gasteiger partial charge in [0.25, 0.3) is 0 Å². The van der Waals surface area contributed by atoms with E-state index in [2.05, 4.69) is 15.6 Å². The van der Waals surface area contributed by atoms with Crippen molar-refractivity contribution < 1.29 is 23.0 Å². The van der Waals surface area contributed by atoms with Crippen LogP contribution in [-0.2, 0) is 12.8 Å². The molecule has 0 bridgehead atoms. The van der Waals surface area contributed by atoms with Gasteiger partial charge in [0.1, 0.15) is 23.8 Å². The molecular weight excluding hydrogens is 493 g/mol. The molecule has 0 amide bonds. The van der Waals surface area contributed by atoms with Crippen LogP contribution in [-0.4, -0.2) is 28.1 Å². The Morgan fingerprint density at radius 1 is 1.08 bits per heavy atom. The average molecular weight is 515 g/mol. The summed E-state index contributed by atoms with van der Waals surface area (Å²) in [6.07, 6.45) is -4.59. The zero-order chi connectivity index (χ0) is 25.9. The molecule has 0 atom stereocenters. The van der Waals surface area contributed by atoms with E-state index in [9.17, 15) is 18.3 Å². The lowest BCUT2D eigenvalue weighted by Gasteiger charge is -2.16. The number of alkyl halides is 3. The van der Waals surface area contributed by atoms with Crippen molar-refractivity contribution in [2.24, 2.45) is 5.10 Å². The van der Waals surface area contributed by atoms with Crippen LogP contribution in [0.1, 0.15) is 23.7 Å². The molecule has 3 N–H and O–H groups in total. The Bertz CT molecular complexity index is 1380. The molecule has 0 spiro atoms. The molecule has 0 saturated heterocycles. The quantitative estimate of drug-likeness (QED) is 0.191. The Balaban J connectivity index is 1.77. The van der Waals surface area contributed by atoms with Gasteiger partial charge in [-0.1, -0.05) is 48.0 Å². The van der Waals surface area contributed by atoms with Crippen LogP contribution in [0.4, 0.5) is 13.2 Å². The molecule has 4 aromatic rings. The molecule has 3 aromatic carbocycles. The smallest absolute Gasteiger partial charge is 0.432 e. The van der Waals surface area contributed by atoms with Gasteiger partial charge in [-0.25, -0.2) is 0 Å². The number of ether oxygens (including phenoxy) is 1. The summed E-state index contributed by atoms with van der Waals surface area (Å²) >= 11 is 5.95. The van der Waals surface area contributed by atoms with Gasteiger partial charge < -0.3 is 15.3 Å². The van der Waals surface area contributed by atoms with Gasteiger partial charge in [0.2, 0.25) is 0 Å². The summed E-state index contributed by atoms with van der Waals surface area (Å²) in [6, 6.07) is 18.3. The lowest BCUT2D eigenvalue weighted by Crippen LogP contribution is -2.04. The molecule has 36 heavy (non-hydrogen) atoms. The molecular formula is C26H22ClF3N4O2. The Hall–Kier alpha value is -3.98. The van der Waals surface area contributed by atoms with E-state index in [4.69, 9.17) is 16.3 Å². The lowest BCUT2D eigenvalue weighted by molar-refractivity contribution is -0.141. The monoisotopic (exact) mass is 514 g/mol. The fourth-order valence-electron chi connectivity index (χ4n) is 3.64. The number of phenolic OH excluding ortho intramolecular Hbond substituents is 1. The molecule has 1 aromatic heterocycles. The maximum Gasteiger partial charge on any atom is 0.432 e. The van der Waals surface area contributed by atoms with Crippen LogP contribution in [0, 0.1) is 0 Å². The fourth-order valence-corrected chi connectivity index (χ4v) is 3.76. The van der Waals surface area contributed by atoms with Crippen molar-refractivity contribution in [3.8, 4) is 33.9 Å². The summed E-state index contributed by atoms with van der Waals surface area (Å²) in [5.41, 5.74) is 5.22. The van der Waals surface area contributed by atoms with E-state index >= 15 is 0 Å². The summed E-state index contributed by atoms with van der Waals surface area (Å²) in [6.45, 7) is 2.04. The maximum atomic E-state index is 13.1. The molecule has 0 aliphatic carbocycles. The number of H-pyrrole nitrogens is 1. The third-order valence-corrected chi connectivity index (χ3v) is 5.73. The first-order valence-corrected chi connectivity index (χ1v) is 11.2. The van der Waals surface area contributed by atoms with Gasteiger partial charge in [-0.2, -0.15) is 23.4 Å². The Kier molecular flexibility index (Phi) is 7.21. The van der Waals surface area contributed by atoms with Crippen molar-refractivity contribution in [3.63, 3.8) is 0 Å². The Morgan fingerprint density at radius 3 is 2.39 bits per heavy atom. The highest BCUT2D eigenvalue weighted by Gasteiger charge is 2.33. The number of aromatic amines is 1. The first-order valence-electron chi connectivity index (χ1n) is 10.9.